The van der Waals surface area contributed by atoms with Gasteiger partial charge >= 0.3 is 0 Å². The fraction of sp³-hybridized carbons (Fsp3) is 0. The van der Waals surface area contributed by atoms with Crippen LogP contribution in [0.5, 0.6) is 0 Å². The molecule has 62 valence electrons. The average molecular weight is 181 g/mol. The van der Waals surface area contributed by atoms with E-state index in [0.29, 0.717) is 4.90 Å². The van der Waals surface area contributed by atoms with Crippen LogP contribution in [0.2, 0.25) is 0 Å². The normalized spacial score (nSPS) is 11.1. The number of hydrogen-bond donors (Lipinski definition) is 2. The van der Waals surface area contributed by atoms with E-state index in [0.717, 1.165) is 10.9 Å². The van der Waals surface area contributed by atoms with Gasteiger partial charge in [0.05, 0.1) is 4.90 Å². The SMILES string of the molecule is O=[SH](=O)c1ccc2[nH]ccc2c1. The lowest BCUT2D eigenvalue weighted by atomic mass is 10.2. The van der Waals surface area contributed by atoms with Crippen LogP contribution in [0.1, 0.15) is 0 Å². The fourth-order valence-electron chi connectivity index (χ4n) is 1.15. The lowest BCUT2D eigenvalue weighted by Crippen LogP contribution is -1.78. The molecule has 1 aromatic carbocycles. The summed E-state index contributed by atoms with van der Waals surface area (Å²) in [4.78, 5) is 3.35. The van der Waals surface area contributed by atoms with Gasteiger partial charge in [0.15, 0.2) is 10.7 Å². The van der Waals surface area contributed by atoms with Crippen molar-refractivity contribution in [1.82, 2.24) is 4.98 Å². The first-order valence-corrected chi connectivity index (χ1v) is 4.66. The van der Waals surface area contributed by atoms with Crippen molar-refractivity contribution in [3.05, 3.63) is 30.5 Å². The average Bonchev–Trinajstić information content (AvgIpc) is 2.49. The van der Waals surface area contributed by atoms with Crippen LogP contribution in [-0.4, -0.2) is 13.4 Å². The predicted molar refractivity (Wildman–Crippen MR) is 46.9 cm³/mol. The smallest absolute Gasteiger partial charge is 0.168 e. The van der Waals surface area contributed by atoms with Gasteiger partial charge in [0.1, 0.15) is 0 Å². The van der Waals surface area contributed by atoms with E-state index in [1.165, 1.54) is 0 Å². The van der Waals surface area contributed by atoms with Gasteiger partial charge in [-0.3, -0.25) is 0 Å². The summed E-state index contributed by atoms with van der Waals surface area (Å²) in [5.41, 5.74) is 0.954. The lowest BCUT2D eigenvalue weighted by Gasteiger charge is -1.90. The van der Waals surface area contributed by atoms with E-state index in [1.54, 1.807) is 24.4 Å². The summed E-state index contributed by atoms with van der Waals surface area (Å²) < 4.78 is 21.2. The van der Waals surface area contributed by atoms with Gasteiger partial charge in [-0.2, -0.15) is 0 Å². The van der Waals surface area contributed by atoms with E-state index in [9.17, 15) is 8.42 Å². The minimum atomic E-state index is -2.46. The summed E-state index contributed by atoms with van der Waals surface area (Å²) in [6.45, 7) is 0. The van der Waals surface area contributed by atoms with Crippen LogP contribution >= 0.6 is 0 Å². The minimum absolute atomic E-state index is 0.358. The first-order valence-electron chi connectivity index (χ1n) is 3.49. The molecular weight excluding hydrogens is 174 g/mol. The second-order valence-corrected chi connectivity index (χ2v) is 3.54. The van der Waals surface area contributed by atoms with Crippen LogP contribution in [0.15, 0.2) is 35.4 Å². The van der Waals surface area contributed by atoms with E-state index >= 15 is 0 Å². The third kappa shape index (κ3) is 1.10. The number of aromatic nitrogens is 1. The van der Waals surface area contributed by atoms with Gasteiger partial charge in [-0.1, -0.05) is 0 Å². The first kappa shape index (κ1) is 7.36. The van der Waals surface area contributed by atoms with Crippen LogP contribution in [0.25, 0.3) is 10.9 Å². The van der Waals surface area contributed by atoms with Crippen LogP contribution in [-0.2, 0) is 10.7 Å². The molecule has 1 N–H and O–H groups in total. The molecule has 0 amide bonds. The highest BCUT2D eigenvalue weighted by atomic mass is 32.2. The molecule has 0 aliphatic carbocycles. The summed E-state index contributed by atoms with van der Waals surface area (Å²) in [7, 11) is -2.46. The number of nitrogens with one attached hydrogen (secondary N) is 1. The summed E-state index contributed by atoms with van der Waals surface area (Å²) in [5, 5.41) is 0.923. The monoisotopic (exact) mass is 181 g/mol. The number of hydrogen-bond acceptors (Lipinski definition) is 2. The molecule has 12 heavy (non-hydrogen) atoms. The van der Waals surface area contributed by atoms with E-state index in [2.05, 4.69) is 4.98 Å². The van der Waals surface area contributed by atoms with Crippen molar-refractivity contribution in [2.45, 2.75) is 4.90 Å². The van der Waals surface area contributed by atoms with Gasteiger partial charge < -0.3 is 4.98 Å². The second kappa shape index (κ2) is 2.64. The Kier molecular flexibility index (Phi) is 1.62. The number of thiol groups is 1. The molecule has 1 heterocycles. The fourth-order valence-corrected chi connectivity index (χ4v) is 1.59. The maximum atomic E-state index is 10.6. The Bertz CT molecular complexity index is 477. The molecule has 0 fully saturated rings. The Morgan fingerprint density at radius 2 is 2.00 bits per heavy atom. The van der Waals surface area contributed by atoms with Gasteiger partial charge in [-0.15, -0.1) is 0 Å². The molecule has 0 saturated carbocycles. The molecule has 0 aliphatic heterocycles. The maximum Gasteiger partial charge on any atom is 0.168 e. The van der Waals surface area contributed by atoms with Gasteiger partial charge in [0, 0.05) is 17.1 Å². The molecule has 2 rings (SSSR count). The van der Waals surface area contributed by atoms with Crippen LogP contribution in [0.3, 0.4) is 0 Å². The third-order valence-corrected chi connectivity index (χ3v) is 2.45. The zero-order valence-electron chi connectivity index (χ0n) is 6.15. The van der Waals surface area contributed by atoms with Crippen molar-refractivity contribution < 1.29 is 8.42 Å². The molecule has 3 nitrogen and oxygen atoms in total. The molecule has 2 aromatic rings. The van der Waals surface area contributed by atoms with E-state index in [1.807, 2.05) is 6.07 Å². The molecule has 0 bridgehead atoms. The van der Waals surface area contributed by atoms with E-state index in [4.69, 9.17) is 0 Å². The summed E-state index contributed by atoms with van der Waals surface area (Å²) >= 11 is 0. The van der Waals surface area contributed by atoms with Crippen molar-refractivity contribution in [3.8, 4) is 0 Å². The highest BCUT2D eigenvalue weighted by molar-refractivity contribution is 7.72. The topological polar surface area (TPSA) is 49.9 Å². The maximum absolute atomic E-state index is 10.6. The predicted octanol–water partition coefficient (Wildman–Crippen LogP) is 1.14. The number of aromatic amines is 1. The van der Waals surface area contributed by atoms with Crippen molar-refractivity contribution >= 4 is 21.6 Å². The van der Waals surface area contributed by atoms with Gasteiger partial charge in [-0.05, 0) is 24.3 Å². The summed E-state index contributed by atoms with van der Waals surface area (Å²) in [6.07, 6.45) is 1.78. The Morgan fingerprint density at radius 1 is 1.17 bits per heavy atom. The quantitative estimate of drug-likeness (QED) is 0.648. The Hall–Kier alpha value is -1.29. The second-order valence-electron chi connectivity index (χ2n) is 2.51. The standard InChI is InChI=1S/C8H7NO2S/c10-12(11)7-1-2-8-6(5-7)3-4-9-8/h1-5,9,12H. The number of H-pyrrole nitrogens is 1. The Labute approximate surface area is 71.0 Å². The Balaban J connectivity index is 2.76. The van der Waals surface area contributed by atoms with Gasteiger partial charge in [0.25, 0.3) is 0 Å². The summed E-state index contributed by atoms with van der Waals surface area (Å²) in [5.74, 6) is 0. The van der Waals surface area contributed by atoms with Crippen LogP contribution in [0, 0.1) is 0 Å². The van der Waals surface area contributed by atoms with Crippen molar-refractivity contribution in [3.63, 3.8) is 0 Å². The number of fused-ring (bicyclic) bond motifs is 1. The van der Waals surface area contributed by atoms with Crippen LogP contribution in [0.4, 0.5) is 0 Å². The van der Waals surface area contributed by atoms with Crippen molar-refractivity contribution in [2.24, 2.45) is 0 Å². The molecule has 1 aromatic heterocycles. The van der Waals surface area contributed by atoms with Crippen molar-refractivity contribution in [2.75, 3.05) is 0 Å². The Morgan fingerprint density at radius 3 is 2.75 bits per heavy atom. The first-order chi connectivity index (χ1) is 5.77. The zero-order valence-corrected chi connectivity index (χ0v) is 7.04. The minimum Gasteiger partial charge on any atom is -0.361 e. The van der Waals surface area contributed by atoms with Crippen LogP contribution < -0.4 is 0 Å². The van der Waals surface area contributed by atoms with E-state index in [-0.39, 0.29) is 0 Å². The highest BCUT2D eigenvalue weighted by Crippen LogP contribution is 2.14. The summed E-state index contributed by atoms with van der Waals surface area (Å²) in [6, 6.07) is 6.84. The lowest BCUT2D eigenvalue weighted by molar-refractivity contribution is 0.614. The zero-order chi connectivity index (χ0) is 8.55. The van der Waals surface area contributed by atoms with E-state index < -0.39 is 10.7 Å². The molecular formula is C8H7NO2S. The molecule has 0 aliphatic rings. The molecule has 0 unspecified atom stereocenters. The van der Waals surface area contributed by atoms with Crippen molar-refractivity contribution in [1.29, 1.82) is 0 Å². The number of rotatable bonds is 1. The largest absolute Gasteiger partial charge is 0.361 e. The van der Waals surface area contributed by atoms with Gasteiger partial charge in [0.2, 0.25) is 0 Å². The highest BCUT2D eigenvalue weighted by Gasteiger charge is 1.97. The molecule has 0 spiro atoms. The molecule has 0 radical (unpaired) electrons. The van der Waals surface area contributed by atoms with Gasteiger partial charge in [-0.25, -0.2) is 8.42 Å². The number of benzene rings is 1. The molecule has 4 heteroatoms. The molecule has 0 saturated heterocycles. The third-order valence-electron chi connectivity index (χ3n) is 1.75. The molecule has 0 atom stereocenters.